The number of benzene rings is 2. The summed E-state index contributed by atoms with van der Waals surface area (Å²) in [7, 11) is -3.84. The molecule has 1 saturated heterocycles. The number of carbonyl (C=O) groups excluding carboxylic acids is 2. The number of nitrogens with two attached hydrogens (primary N) is 2. The molecule has 2 heterocycles. The van der Waals surface area contributed by atoms with Crippen LogP contribution in [0.1, 0.15) is 15.9 Å². The Balaban J connectivity index is 1.47. The molecule has 0 bridgehead atoms. The number of amidine groups is 1. The van der Waals surface area contributed by atoms with E-state index in [9.17, 15) is 18.0 Å². The Bertz CT molecular complexity index is 1400. The van der Waals surface area contributed by atoms with Gasteiger partial charge in [-0.05, 0) is 47.7 Å². The number of anilines is 1. The second-order valence-corrected chi connectivity index (χ2v) is 9.32. The van der Waals surface area contributed by atoms with Crippen LogP contribution in [0.2, 0.25) is 0 Å². The first kappa shape index (κ1) is 22.3. The van der Waals surface area contributed by atoms with Crippen molar-refractivity contribution >= 4 is 50.7 Å². The van der Waals surface area contributed by atoms with Crippen LogP contribution in [0.15, 0.2) is 75.7 Å². The normalized spacial score (nSPS) is 16.2. The summed E-state index contributed by atoms with van der Waals surface area (Å²) in [4.78, 5) is 25.0. The topological polar surface area (TPSA) is 175 Å². The van der Waals surface area contributed by atoms with Gasteiger partial charge in [-0.2, -0.15) is 5.10 Å². The molecule has 1 aliphatic rings. The van der Waals surface area contributed by atoms with Crippen LogP contribution in [-0.4, -0.2) is 35.2 Å². The number of nitrogen functional groups attached to an aromatic ring is 1. The summed E-state index contributed by atoms with van der Waals surface area (Å²) in [5.74, 6) is -0.946. The van der Waals surface area contributed by atoms with Gasteiger partial charge in [0.05, 0.1) is 21.7 Å². The molecule has 0 unspecified atom stereocenters. The second kappa shape index (κ2) is 8.90. The lowest BCUT2D eigenvalue weighted by molar-refractivity contribution is -0.115. The predicted octanol–water partition coefficient (Wildman–Crippen LogP) is 1.01. The molecule has 0 radical (unpaired) electrons. The van der Waals surface area contributed by atoms with Crippen LogP contribution in [0.25, 0.3) is 11.8 Å². The number of rotatable bonds is 5. The highest BCUT2D eigenvalue weighted by Crippen LogP contribution is 2.25. The monoisotopic (exact) mass is 483 g/mol. The summed E-state index contributed by atoms with van der Waals surface area (Å²) < 4.78 is 24.0. The predicted molar refractivity (Wildman–Crippen MR) is 124 cm³/mol. The molecule has 1 aliphatic heterocycles. The number of aromatic nitrogens is 2. The number of carbonyl (C=O) groups is 2. The number of nitrogens with one attached hydrogen (secondary N) is 2. The van der Waals surface area contributed by atoms with Gasteiger partial charge in [0.2, 0.25) is 10.0 Å². The van der Waals surface area contributed by atoms with Crippen LogP contribution in [0, 0.1) is 0 Å². The van der Waals surface area contributed by atoms with Crippen LogP contribution in [0.5, 0.6) is 0 Å². The maximum atomic E-state index is 12.5. The standard InChI is InChI=1S/C20H17N7O4S2/c21-17-15(11-23-27(17)13-6-8-14(9-7-13)33(22,30)31)18(28)25-26-20-24-19(29)16(32-20)10-12-4-2-1-3-5-12/h1-11H,21H2,(H,25,28)(H2,22,30,31)(H,24,26,29)/b16-10-. The van der Waals surface area contributed by atoms with E-state index < -0.39 is 15.9 Å². The van der Waals surface area contributed by atoms with Crippen molar-refractivity contribution in [3.63, 3.8) is 0 Å². The maximum Gasteiger partial charge on any atom is 0.276 e. The molecule has 0 atom stereocenters. The molecule has 1 aromatic heterocycles. The zero-order chi connectivity index (χ0) is 23.6. The highest BCUT2D eigenvalue weighted by Gasteiger charge is 2.24. The van der Waals surface area contributed by atoms with Crippen molar-refractivity contribution in [3.05, 3.63) is 76.8 Å². The molecule has 2 amide bonds. The fourth-order valence-electron chi connectivity index (χ4n) is 2.86. The summed E-state index contributed by atoms with van der Waals surface area (Å²) in [6, 6.07) is 14.8. The number of nitrogens with zero attached hydrogens (tertiary/aromatic N) is 3. The zero-order valence-electron chi connectivity index (χ0n) is 16.8. The van der Waals surface area contributed by atoms with Gasteiger partial charge in [0.15, 0.2) is 5.17 Å². The Morgan fingerprint density at radius 2 is 1.85 bits per heavy atom. The van der Waals surface area contributed by atoms with Gasteiger partial charge in [-0.15, -0.1) is 5.10 Å². The van der Waals surface area contributed by atoms with Crippen LogP contribution < -0.4 is 21.6 Å². The summed E-state index contributed by atoms with van der Waals surface area (Å²) in [5, 5.41) is 15.9. The second-order valence-electron chi connectivity index (χ2n) is 6.73. The highest BCUT2D eigenvalue weighted by molar-refractivity contribution is 8.18. The molecule has 11 nitrogen and oxygen atoms in total. The minimum Gasteiger partial charge on any atom is -0.383 e. The Kier molecular flexibility index (Phi) is 6.00. The summed E-state index contributed by atoms with van der Waals surface area (Å²) in [5.41, 5.74) is 9.71. The molecule has 6 N–H and O–H groups in total. The first-order valence-electron chi connectivity index (χ1n) is 9.33. The van der Waals surface area contributed by atoms with Gasteiger partial charge in [0, 0.05) is 0 Å². The summed E-state index contributed by atoms with van der Waals surface area (Å²) in [6.45, 7) is 0. The van der Waals surface area contributed by atoms with E-state index in [2.05, 4.69) is 20.9 Å². The number of amides is 2. The fraction of sp³-hybridized carbons (Fsp3) is 0. The van der Waals surface area contributed by atoms with Crippen molar-refractivity contribution in [2.24, 2.45) is 10.2 Å². The largest absolute Gasteiger partial charge is 0.383 e. The lowest BCUT2D eigenvalue weighted by Gasteiger charge is -2.06. The third kappa shape index (κ3) is 4.95. The average molecular weight is 484 g/mol. The first-order chi connectivity index (χ1) is 15.7. The van der Waals surface area contributed by atoms with E-state index in [0.29, 0.717) is 10.6 Å². The van der Waals surface area contributed by atoms with Gasteiger partial charge in [-0.1, -0.05) is 30.3 Å². The number of hydrogen-bond donors (Lipinski definition) is 4. The van der Waals surface area contributed by atoms with Crippen molar-refractivity contribution in [2.75, 3.05) is 5.73 Å². The number of thioether (sulfide) groups is 1. The quantitative estimate of drug-likeness (QED) is 0.309. The molecule has 33 heavy (non-hydrogen) atoms. The van der Waals surface area contributed by atoms with E-state index in [-0.39, 0.29) is 27.4 Å². The van der Waals surface area contributed by atoms with Crippen molar-refractivity contribution in [3.8, 4) is 5.69 Å². The lowest BCUT2D eigenvalue weighted by atomic mass is 10.2. The molecule has 2 aromatic carbocycles. The minimum atomic E-state index is -3.84. The molecule has 1 fully saturated rings. The number of hydrogen-bond acceptors (Lipinski definition) is 8. The Morgan fingerprint density at radius 1 is 1.15 bits per heavy atom. The Labute approximate surface area is 192 Å². The summed E-state index contributed by atoms with van der Waals surface area (Å²) >= 11 is 1.08. The fourth-order valence-corrected chi connectivity index (χ4v) is 4.16. The van der Waals surface area contributed by atoms with E-state index in [0.717, 1.165) is 17.3 Å². The third-order valence-corrected chi connectivity index (χ3v) is 6.31. The SMILES string of the molecule is Nc1c(C(=O)N/N=C2\NC(=O)/C(=C/c3ccccc3)S2)cnn1-c1ccc(S(N)(=O)=O)cc1. The molecule has 168 valence electrons. The molecule has 0 spiro atoms. The van der Waals surface area contributed by atoms with E-state index in [1.807, 2.05) is 30.3 Å². The zero-order valence-corrected chi connectivity index (χ0v) is 18.4. The van der Waals surface area contributed by atoms with Crippen molar-refractivity contribution in [1.29, 1.82) is 0 Å². The van der Waals surface area contributed by atoms with E-state index in [1.165, 1.54) is 35.1 Å². The van der Waals surface area contributed by atoms with Crippen molar-refractivity contribution < 1.29 is 18.0 Å². The van der Waals surface area contributed by atoms with Gasteiger partial charge in [-0.25, -0.2) is 23.7 Å². The molecule has 3 aromatic rings. The van der Waals surface area contributed by atoms with Gasteiger partial charge in [0.25, 0.3) is 11.8 Å². The van der Waals surface area contributed by atoms with Crippen LogP contribution >= 0.6 is 11.8 Å². The Morgan fingerprint density at radius 3 is 2.52 bits per heavy atom. The van der Waals surface area contributed by atoms with Gasteiger partial charge < -0.3 is 5.73 Å². The molecule has 0 aliphatic carbocycles. The lowest BCUT2D eigenvalue weighted by Crippen LogP contribution is -2.25. The summed E-state index contributed by atoms with van der Waals surface area (Å²) in [6.07, 6.45) is 2.97. The van der Waals surface area contributed by atoms with Gasteiger partial charge >= 0.3 is 0 Å². The molecule has 0 saturated carbocycles. The average Bonchev–Trinajstić information content (AvgIpc) is 3.34. The van der Waals surface area contributed by atoms with E-state index in [4.69, 9.17) is 10.9 Å². The van der Waals surface area contributed by atoms with E-state index >= 15 is 0 Å². The molecule has 13 heteroatoms. The van der Waals surface area contributed by atoms with Gasteiger partial charge in [-0.3, -0.25) is 14.9 Å². The molecular formula is C20H17N7O4S2. The minimum absolute atomic E-state index is 0.0174. The number of primary sulfonamides is 1. The smallest absolute Gasteiger partial charge is 0.276 e. The highest BCUT2D eigenvalue weighted by atomic mass is 32.2. The van der Waals surface area contributed by atoms with E-state index in [1.54, 1.807) is 6.08 Å². The number of hydrazone groups is 1. The van der Waals surface area contributed by atoms with Crippen LogP contribution in [0.3, 0.4) is 0 Å². The van der Waals surface area contributed by atoms with Crippen LogP contribution in [-0.2, 0) is 14.8 Å². The van der Waals surface area contributed by atoms with Crippen LogP contribution in [0.4, 0.5) is 5.82 Å². The first-order valence-corrected chi connectivity index (χ1v) is 11.7. The Hall–Kier alpha value is -3.94. The molecule has 4 rings (SSSR count). The van der Waals surface area contributed by atoms with Gasteiger partial charge in [0.1, 0.15) is 11.4 Å². The molecular weight excluding hydrogens is 466 g/mol. The van der Waals surface area contributed by atoms with Crippen molar-refractivity contribution in [2.45, 2.75) is 4.90 Å². The van der Waals surface area contributed by atoms with Crippen molar-refractivity contribution in [1.82, 2.24) is 20.5 Å². The maximum absolute atomic E-state index is 12.5. The number of sulfonamides is 1. The third-order valence-electron chi connectivity index (χ3n) is 4.47.